The Morgan fingerprint density at radius 1 is 1.32 bits per heavy atom. The van der Waals surface area contributed by atoms with Gasteiger partial charge in [-0.25, -0.2) is 0 Å². The molecule has 0 radical (unpaired) electrons. The van der Waals surface area contributed by atoms with Gasteiger partial charge in [-0.3, -0.25) is 9.59 Å². The second-order valence-electron chi connectivity index (χ2n) is 6.15. The van der Waals surface area contributed by atoms with Gasteiger partial charge in [0.25, 0.3) is 5.56 Å². The van der Waals surface area contributed by atoms with E-state index in [0.717, 1.165) is 12.8 Å². The van der Waals surface area contributed by atoms with Crippen molar-refractivity contribution in [3.63, 3.8) is 0 Å². The lowest BCUT2D eigenvalue weighted by atomic mass is 9.95. The van der Waals surface area contributed by atoms with E-state index in [1.807, 2.05) is 25.3 Å². The lowest BCUT2D eigenvalue weighted by Crippen LogP contribution is -2.40. The van der Waals surface area contributed by atoms with Crippen LogP contribution in [0.4, 0.5) is 0 Å². The molecule has 6 heteroatoms. The average Bonchev–Trinajstić information content (AvgIpc) is 2.48. The number of nitrogens with zero attached hydrogens (tertiary/aromatic N) is 2. The molecule has 1 atom stereocenters. The molecule has 0 unspecified atom stereocenters. The van der Waals surface area contributed by atoms with Crippen LogP contribution in [0.25, 0.3) is 0 Å². The number of aromatic nitrogens is 2. The van der Waals surface area contributed by atoms with E-state index in [2.05, 4.69) is 10.3 Å². The topological polar surface area (TPSA) is 64.0 Å². The maximum atomic E-state index is 12.3. The molecule has 1 aromatic rings. The van der Waals surface area contributed by atoms with E-state index in [1.54, 1.807) is 6.20 Å². The minimum absolute atomic E-state index is 0.0327. The molecule has 0 bridgehead atoms. The van der Waals surface area contributed by atoms with E-state index in [1.165, 1.54) is 37.1 Å². The van der Waals surface area contributed by atoms with E-state index in [-0.39, 0.29) is 22.8 Å². The van der Waals surface area contributed by atoms with Crippen molar-refractivity contribution in [2.45, 2.75) is 75.4 Å². The maximum absolute atomic E-state index is 12.3. The van der Waals surface area contributed by atoms with Gasteiger partial charge >= 0.3 is 0 Å². The highest BCUT2D eigenvalue weighted by molar-refractivity contribution is 8.00. The third kappa shape index (κ3) is 4.60. The molecule has 1 aliphatic carbocycles. The van der Waals surface area contributed by atoms with E-state index >= 15 is 0 Å². The molecule has 1 saturated carbocycles. The van der Waals surface area contributed by atoms with Crippen molar-refractivity contribution >= 4 is 17.7 Å². The van der Waals surface area contributed by atoms with Gasteiger partial charge in [-0.05, 0) is 33.6 Å². The van der Waals surface area contributed by atoms with Crippen molar-refractivity contribution < 1.29 is 4.79 Å². The molecule has 1 N–H and O–H groups in total. The quantitative estimate of drug-likeness (QED) is 0.668. The minimum Gasteiger partial charge on any atom is -0.352 e. The van der Waals surface area contributed by atoms with E-state index in [9.17, 15) is 9.59 Å². The zero-order valence-electron chi connectivity index (χ0n) is 13.5. The van der Waals surface area contributed by atoms with Crippen LogP contribution in [0.1, 0.15) is 58.9 Å². The van der Waals surface area contributed by atoms with Crippen LogP contribution in [0.2, 0.25) is 0 Å². The second kappa shape index (κ2) is 7.81. The molecule has 1 aliphatic rings. The summed E-state index contributed by atoms with van der Waals surface area (Å²) in [5.74, 6) is 0.0327. The van der Waals surface area contributed by atoms with Gasteiger partial charge < -0.3 is 9.88 Å². The highest BCUT2D eigenvalue weighted by atomic mass is 32.2. The highest BCUT2D eigenvalue weighted by Crippen LogP contribution is 2.24. The van der Waals surface area contributed by atoms with Crippen LogP contribution in [0, 0.1) is 0 Å². The van der Waals surface area contributed by atoms with E-state index in [0.29, 0.717) is 11.2 Å². The second-order valence-corrected chi connectivity index (χ2v) is 7.46. The molecule has 5 nitrogen and oxygen atoms in total. The predicted molar refractivity (Wildman–Crippen MR) is 89.2 cm³/mol. The smallest absolute Gasteiger partial charge is 0.273 e. The summed E-state index contributed by atoms with van der Waals surface area (Å²) in [6, 6.07) is 1.96. The Kier molecular flexibility index (Phi) is 6.06. The molecule has 0 aromatic carbocycles. The molecule has 122 valence electrons. The Hall–Kier alpha value is -1.30. The van der Waals surface area contributed by atoms with Crippen molar-refractivity contribution in [2.75, 3.05) is 0 Å². The summed E-state index contributed by atoms with van der Waals surface area (Å²) in [5.41, 5.74) is -0.265. The van der Waals surface area contributed by atoms with E-state index < -0.39 is 0 Å². The van der Waals surface area contributed by atoms with Crippen molar-refractivity contribution in [2.24, 2.45) is 0 Å². The SMILES string of the molecule is CC(C)n1ccc(=O)nc1S[C@@H](C)C(=O)NC1CCCCC1. The number of hydrogen-bond acceptors (Lipinski definition) is 4. The molecule has 1 amide bonds. The van der Waals surface area contributed by atoms with Crippen LogP contribution in [0.15, 0.2) is 22.2 Å². The number of thioether (sulfide) groups is 1. The van der Waals surface area contributed by atoms with Crippen LogP contribution in [0.3, 0.4) is 0 Å². The van der Waals surface area contributed by atoms with Gasteiger partial charge in [0.2, 0.25) is 5.91 Å². The predicted octanol–water partition coefficient (Wildman–Crippen LogP) is 2.75. The summed E-state index contributed by atoms with van der Waals surface area (Å²) in [6.45, 7) is 5.93. The Morgan fingerprint density at radius 2 is 2.00 bits per heavy atom. The third-order valence-corrected chi connectivity index (χ3v) is 5.04. The largest absolute Gasteiger partial charge is 0.352 e. The fourth-order valence-electron chi connectivity index (χ4n) is 2.65. The lowest BCUT2D eigenvalue weighted by molar-refractivity contribution is -0.121. The molecule has 0 spiro atoms. The Bertz CT molecular complexity index is 565. The zero-order chi connectivity index (χ0) is 16.1. The van der Waals surface area contributed by atoms with Gasteiger partial charge in [0.05, 0.1) is 5.25 Å². The van der Waals surface area contributed by atoms with Crippen LogP contribution >= 0.6 is 11.8 Å². The Balaban J connectivity index is 2.01. The number of hydrogen-bond donors (Lipinski definition) is 1. The first-order chi connectivity index (χ1) is 10.5. The number of nitrogens with one attached hydrogen (secondary N) is 1. The summed E-state index contributed by atoms with van der Waals surface area (Å²) in [5, 5.41) is 3.47. The van der Waals surface area contributed by atoms with E-state index in [4.69, 9.17) is 0 Å². The van der Waals surface area contributed by atoms with Crippen molar-refractivity contribution in [1.29, 1.82) is 0 Å². The van der Waals surface area contributed by atoms with Crippen molar-refractivity contribution in [1.82, 2.24) is 14.9 Å². The zero-order valence-corrected chi connectivity index (χ0v) is 14.4. The fourth-order valence-corrected chi connectivity index (χ4v) is 3.68. The average molecular weight is 323 g/mol. The summed E-state index contributed by atoms with van der Waals surface area (Å²) in [4.78, 5) is 27.9. The molecule has 1 aromatic heterocycles. The van der Waals surface area contributed by atoms with Crippen LogP contribution < -0.4 is 10.9 Å². The molecule has 2 rings (SSSR count). The molecular formula is C16H25N3O2S. The Labute approximate surface area is 135 Å². The van der Waals surface area contributed by atoms with Gasteiger partial charge in [-0.15, -0.1) is 0 Å². The molecule has 22 heavy (non-hydrogen) atoms. The monoisotopic (exact) mass is 323 g/mol. The summed E-state index contributed by atoms with van der Waals surface area (Å²) in [6.07, 6.45) is 7.55. The molecule has 1 fully saturated rings. The summed E-state index contributed by atoms with van der Waals surface area (Å²) < 4.78 is 1.93. The molecule has 1 heterocycles. The lowest BCUT2D eigenvalue weighted by Gasteiger charge is -2.24. The van der Waals surface area contributed by atoms with Gasteiger partial charge in [0.15, 0.2) is 5.16 Å². The number of carbonyl (C=O) groups is 1. The first kappa shape index (κ1) is 17.1. The minimum atomic E-state index is -0.265. The first-order valence-electron chi connectivity index (χ1n) is 8.03. The first-order valence-corrected chi connectivity index (χ1v) is 8.91. The molecule has 0 saturated heterocycles. The fraction of sp³-hybridized carbons (Fsp3) is 0.688. The number of rotatable bonds is 5. The summed E-state index contributed by atoms with van der Waals surface area (Å²) >= 11 is 1.35. The normalized spacial score (nSPS) is 17.5. The van der Waals surface area contributed by atoms with Crippen molar-refractivity contribution in [3.05, 3.63) is 22.6 Å². The van der Waals surface area contributed by atoms with Gasteiger partial charge in [0.1, 0.15) is 0 Å². The highest BCUT2D eigenvalue weighted by Gasteiger charge is 2.22. The summed E-state index contributed by atoms with van der Waals surface area (Å²) in [7, 11) is 0. The van der Waals surface area contributed by atoms with Crippen LogP contribution in [-0.4, -0.2) is 26.8 Å². The van der Waals surface area contributed by atoms with Gasteiger partial charge in [0, 0.05) is 24.3 Å². The van der Waals surface area contributed by atoms with Gasteiger partial charge in [-0.2, -0.15) is 4.98 Å². The standard InChI is InChI=1S/C16H25N3O2S/c1-11(2)19-10-9-14(20)18-16(19)22-12(3)15(21)17-13-7-5-4-6-8-13/h9-13H,4-8H2,1-3H3,(H,17,21)/t12-/m0/s1. The Morgan fingerprint density at radius 3 is 2.64 bits per heavy atom. The van der Waals surface area contributed by atoms with Crippen molar-refractivity contribution in [3.8, 4) is 0 Å². The third-order valence-electron chi connectivity index (χ3n) is 3.96. The van der Waals surface area contributed by atoms with Crippen LogP contribution in [-0.2, 0) is 4.79 Å². The maximum Gasteiger partial charge on any atom is 0.273 e. The molecular weight excluding hydrogens is 298 g/mol. The van der Waals surface area contributed by atoms with Gasteiger partial charge in [-0.1, -0.05) is 31.0 Å². The molecule has 0 aliphatic heterocycles. The van der Waals surface area contributed by atoms with Crippen LogP contribution in [0.5, 0.6) is 0 Å². The number of carbonyl (C=O) groups excluding carboxylic acids is 1. The number of amides is 1.